The fourth-order valence-corrected chi connectivity index (χ4v) is 5.85. The van der Waals surface area contributed by atoms with Gasteiger partial charge in [-0.25, -0.2) is 9.07 Å². The van der Waals surface area contributed by atoms with Gasteiger partial charge < -0.3 is 9.47 Å². The van der Waals surface area contributed by atoms with Crippen LogP contribution >= 0.6 is 11.3 Å². The molecular weight excluding hydrogens is 626 g/mol. The van der Waals surface area contributed by atoms with Crippen LogP contribution in [0.25, 0.3) is 40.1 Å². The standard InChI is InChI=1S/C38H28FN5O3S/c1-2-22-46-32-17-10-26(11-18-32)12-21-35-40-38-44(41-35)37(45)34(48-38)23-29-24-43(31-6-4-3-5-7-31)42-36(29)28-13-19-33(20-14-28)47-25-27-8-15-30(39)16-9-27/h2-21,23-24H,1,22,25H2/b21-12+,34-23-. The number of hydrogen-bond donors (Lipinski definition) is 0. The van der Waals surface area contributed by atoms with E-state index in [0.29, 0.717) is 40.0 Å². The Morgan fingerprint density at radius 1 is 0.833 bits per heavy atom. The largest absolute Gasteiger partial charge is 0.490 e. The predicted octanol–water partition coefficient (Wildman–Crippen LogP) is 7.00. The molecule has 0 radical (unpaired) electrons. The molecule has 0 saturated carbocycles. The van der Waals surface area contributed by atoms with Crippen LogP contribution in [0.3, 0.4) is 0 Å². The fourth-order valence-electron chi connectivity index (χ4n) is 4.95. The van der Waals surface area contributed by atoms with Gasteiger partial charge in [0.2, 0.25) is 4.96 Å². The molecule has 10 heteroatoms. The lowest BCUT2D eigenvalue weighted by Crippen LogP contribution is -2.23. The number of para-hydroxylation sites is 1. The topological polar surface area (TPSA) is 83.5 Å². The van der Waals surface area contributed by atoms with Crippen molar-refractivity contribution in [2.75, 3.05) is 6.61 Å². The molecule has 8 nitrogen and oxygen atoms in total. The third kappa shape index (κ3) is 6.84. The summed E-state index contributed by atoms with van der Waals surface area (Å²) in [6.07, 6.45) is 9.09. The van der Waals surface area contributed by atoms with E-state index in [1.807, 2.05) is 97.2 Å². The molecule has 0 aliphatic heterocycles. The third-order valence-electron chi connectivity index (χ3n) is 7.37. The highest BCUT2D eigenvalue weighted by atomic mass is 32.1. The molecule has 0 aliphatic rings. The van der Waals surface area contributed by atoms with Crippen molar-refractivity contribution < 1.29 is 13.9 Å². The summed E-state index contributed by atoms with van der Waals surface area (Å²) in [5.74, 6) is 1.59. The van der Waals surface area contributed by atoms with Crippen molar-refractivity contribution in [2.45, 2.75) is 6.61 Å². The van der Waals surface area contributed by atoms with Crippen molar-refractivity contribution in [2.24, 2.45) is 0 Å². The monoisotopic (exact) mass is 653 g/mol. The number of hydrogen-bond acceptors (Lipinski definition) is 7. The van der Waals surface area contributed by atoms with Gasteiger partial charge in [0, 0.05) is 17.3 Å². The Kier molecular flexibility index (Phi) is 8.71. The van der Waals surface area contributed by atoms with E-state index < -0.39 is 0 Å². The number of fused-ring (bicyclic) bond motifs is 1. The van der Waals surface area contributed by atoms with Gasteiger partial charge in [-0.05, 0) is 83.9 Å². The number of rotatable bonds is 11. The second kappa shape index (κ2) is 13.7. The van der Waals surface area contributed by atoms with Crippen LogP contribution in [0.5, 0.6) is 11.5 Å². The average Bonchev–Trinajstić information content (AvgIpc) is 3.81. The van der Waals surface area contributed by atoms with Crippen molar-refractivity contribution in [1.29, 1.82) is 0 Å². The molecule has 0 amide bonds. The highest BCUT2D eigenvalue weighted by Crippen LogP contribution is 2.27. The first-order chi connectivity index (χ1) is 23.5. The van der Waals surface area contributed by atoms with Crippen LogP contribution in [0.2, 0.25) is 0 Å². The molecule has 0 N–H and O–H groups in total. The maximum absolute atomic E-state index is 13.5. The Balaban J connectivity index is 1.16. The SMILES string of the molecule is C=CCOc1ccc(/C=C/c2nc3s/c(=C\c4cn(-c5ccccc5)nc4-c4ccc(OCc5ccc(F)cc5)cc4)c(=O)n3n2)cc1. The van der Waals surface area contributed by atoms with E-state index in [1.54, 1.807) is 29.0 Å². The number of benzene rings is 4. The Morgan fingerprint density at radius 2 is 1.56 bits per heavy atom. The minimum Gasteiger partial charge on any atom is -0.490 e. The van der Waals surface area contributed by atoms with E-state index in [0.717, 1.165) is 33.7 Å². The van der Waals surface area contributed by atoms with Crippen molar-refractivity contribution in [3.8, 4) is 28.4 Å². The summed E-state index contributed by atoms with van der Waals surface area (Å²) in [6.45, 7) is 4.42. The molecule has 0 saturated heterocycles. The molecule has 3 aromatic heterocycles. The summed E-state index contributed by atoms with van der Waals surface area (Å²) < 4.78 is 28.3. The van der Waals surface area contributed by atoms with Gasteiger partial charge in [-0.1, -0.05) is 72.5 Å². The quantitative estimate of drug-likeness (QED) is 0.140. The van der Waals surface area contributed by atoms with E-state index in [1.165, 1.54) is 28.0 Å². The first-order valence-electron chi connectivity index (χ1n) is 15.1. The van der Waals surface area contributed by atoms with Crippen LogP contribution in [-0.2, 0) is 6.61 Å². The molecule has 0 unspecified atom stereocenters. The summed E-state index contributed by atoms with van der Waals surface area (Å²) in [4.78, 5) is 18.5. The lowest BCUT2D eigenvalue weighted by molar-refractivity contribution is 0.306. The minimum atomic E-state index is -0.284. The van der Waals surface area contributed by atoms with Crippen LogP contribution in [0.4, 0.5) is 4.39 Å². The second-order valence-electron chi connectivity index (χ2n) is 10.7. The van der Waals surface area contributed by atoms with Crippen LogP contribution in [0.1, 0.15) is 22.5 Å². The van der Waals surface area contributed by atoms with Gasteiger partial charge in [-0.15, -0.1) is 5.10 Å². The number of aromatic nitrogens is 5. The van der Waals surface area contributed by atoms with Gasteiger partial charge in [-0.3, -0.25) is 4.79 Å². The number of halogens is 1. The molecule has 0 atom stereocenters. The maximum Gasteiger partial charge on any atom is 0.291 e. The summed E-state index contributed by atoms with van der Waals surface area (Å²) >= 11 is 1.27. The highest BCUT2D eigenvalue weighted by molar-refractivity contribution is 7.15. The van der Waals surface area contributed by atoms with Crippen LogP contribution in [0.15, 0.2) is 127 Å². The highest BCUT2D eigenvalue weighted by Gasteiger charge is 2.14. The number of thiazole rings is 1. The second-order valence-corrected chi connectivity index (χ2v) is 11.7. The molecular formula is C38H28FN5O3S. The van der Waals surface area contributed by atoms with Gasteiger partial charge in [0.05, 0.1) is 10.2 Å². The third-order valence-corrected chi connectivity index (χ3v) is 8.33. The zero-order valence-electron chi connectivity index (χ0n) is 25.6. The van der Waals surface area contributed by atoms with Crippen molar-refractivity contribution >= 4 is 34.5 Å². The fraction of sp³-hybridized carbons (Fsp3) is 0.0526. The predicted molar refractivity (Wildman–Crippen MR) is 187 cm³/mol. The molecule has 0 spiro atoms. The van der Waals surface area contributed by atoms with Crippen molar-refractivity contribution in [3.05, 3.63) is 165 Å². The lowest BCUT2D eigenvalue weighted by Gasteiger charge is -2.07. The minimum absolute atomic E-state index is 0.256. The summed E-state index contributed by atoms with van der Waals surface area (Å²) in [5.41, 5.74) is 4.77. The maximum atomic E-state index is 13.5. The first-order valence-corrected chi connectivity index (χ1v) is 15.9. The number of ether oxygens (including phenoxy) is 2. The molecule has 4 aromatic carbocycles. The van der Waals surface area contributed by atoms with Crippen LogP contribution in [0, 0.1) is 5.82 Å². The molecule has 48 heavy (non-hydrogen) atoms. The van der Waals surface area contributed by atoms with E-state index in [2.05, 4.69) is 16.7 Å². The lowest BCUT2D eigenvalue weighted by atomic mass is 10.1. The smallest absolute Gasteiger partial charge is 0.291 e. The Bertz CT molecular complexity index is 2330. The van der Waals surface area contributed by atoms with Gasteiger partial charge in [0.25, 0.3) is 5.56 Å². The van der Waals surface area contributed by atoms with Gasteiger partial charge >= 0.3 is 0 Å². The molecule has 0 fully saturated rings. The zero-order chi connectivity index (χ0) is 32.9. The van der Waals surface area contributed by atoms with Crippen LogP contribution in [-0.4, -0.2) is 31.0 Å². The van der Waals surface area contributed by atoms with Crippen LogP contribution < -0.4 is 19.6 Å². The van der Waals surface area contributed by atoms with Gasteiger partial charge in [0.15, 0.2) is 5.82 Å². The Hall–Kier alpha value is -6.13. The average molecular weight is 654 g/mol. The first kappa shape index (κ1) is 30.5. The van der Waals surface area contributed by atoms with Crippen molar-refractivity contribution in [1.82, 2.24) is 24.4 Å². The van der Waals surface area contributed by atoms with Gasteiger partial charge in [0.1, 0.15) is 36.2 Å². The summed E-state index contributed by atoms with van der Waals surface area (Å²) in [6, 6.07) is 31.2. The molecule has 3 heterocycles. The van der Waals surface area contributed by atoms with E-state index in [9.17, 15) is 9.18 Å². The molecule has 236 valence electrons. The van der Waals surface area contributed by atoms with E-state index >= 15 is 0 Å². The Morgan fingerprint density at radius 3 is 2.29 bits per heavy atom. The van der Waals surface area contributed by atoms with E-state index in [4.69, 9.17) is 14.6 Å². The molecule has 0 aliphatic carbocycles. The number of nitrogens with zero attached hydrogens (tertiary/aromatic N) is 5. The Labute approximate surface area is 279 Å². The zero-order valence-corrected chi connectivity index (χ0v) is 26.4. The van der Waals surface area contributed by atoms with Crippen molar-refractivity contribution in [3.63, 3.8) is 0 Å². The molecule has 7 aromatic rings. The van der Waals surface area contributed by atoms with Gasteiger partial charge in [-0.2, -0.15) is 14.6 Å². The summed E-state index contributed by atoms with van der Waals surface area (Å²) in [5, 5.41) is 9.33. The molecule has 7 rings (SSSR count). The summed E-state index contributed by atoms with van der Waals surface area (Å²) in [7, 11) is 0. The molecule has 0 bridgehead atoms. The van der Waals surface area contributed by atoms with E-state index in [-0.39, 0.29) is 11.4 Å². The normalized spacial score (nSPS) is 11.8.